The highest BCUT2D eigenvalue weighted by molar-refractivity contribution is 7.89. The molecule has 0 heterocycles. The fourth-order valence-electron chi connectivity index (χ4n) is 0.798. The summed E-state index contributed by atoms with van der Waals surface area (Å²) in [5.41, 5.74) is -0.118. The van der Waals surface area contributed by atoms with E-state index in [0.717, 1.165) is 0 Å². The fraction of sp³-hybridized carbons (Fsp3) is 0.143. The molecular formula is C7H11ClN2O3S. The summed E-state index contributed by atoms with van der Waals surface area (Å²) in [6.45, 7) is 0. The predicted molar refractivity (Wildman–Crippen MR) is 58.8 cm³/mol. The van der Waals surface area contributed by atoms with Crippen molar-refractivity contribution < 1.29 is 15.2 Å². The van der Waals surface area contributed by atoms with Gasteiger partial charge in [0.05, 0.1) is 32.2 Å². The van der Waals surface area contributed by atoms with Crippen LogP contribution in [0, 0.1) is 10.8 Å². The molecule has 5 nitrogen and oxygen atoms in total. The van der Waals surface area contributed by atoms with E-state index in [0.29, 0.717) is 4.91 Å². The van der Waals surface area contributed by atoms with Crippen LogP contribution in [0.25, 0.3) is 0 Å². The third-order valence-corrected chi connectivity index (χ3v) is 2.70. The fourth-order valence-corrected chi connectivity index (χ4v) is 1.60. The molecule has 0 spiro atoms. The van der Waals surface area contributed by atoms with Crippen LogP contribution in [-0.2, 0) is 10.8 Å². The second-order valence-corrected chi connectivity index (χ2v) is 4.00. The molecule has 80 valence electrons. The van der Waals surface area contributed by atoms with Gasteiger partial charge in [0.15, 0.2) is 0 Å². The number of allylic oxidation sites excluding steroid dienone is 4. The summed E-state index contributed by atoms with van der Waals surface area (Å²) >= 11 is 5.58. The van der Waals surface area contributed by atoms with E-state index in [4.69, 9.17) is 22.4 Å². The molecule has 1 atom stereocenters. The maximum absolute atomic E-state index is 11.0. The molecule has 1 aliphatic rings. The molecule has 7 heteroatoms. The Bertz CT molecular complexity index is 349. The minimum atomic E-state index is -1.23. The maximum atomic E-state index is 11.0. The van der Waals surface area contributed by atoms with Gasteiger partial charge in [-0.05, 0) is 12.2 Å². The lowest BCUT2D eigenvalue weighted by atomic mass is 10.1. The molecule has 6 N–H and O–H groups in total. The molecule has 0 aromatic rings. The van der Waals surface area contributed by atoms with Crippen molar-refractivity contribution in [1.82, 2.24) is 0 Å². The van der Waals surface area contributed by atoms with Crippen LogP contribution < -0.4 is 0 Å². The zero-order valence-corrected chi connectivity index (χ0v) is 8.92. The Balaban J connectivity index is 0. The molecule has 0 saturated carbocycles. The Labute approximate surface area is 88.6 Å². The summed E-state index contributed by atoms with van der Waals surface area (Å²) < 4.78 is 11.0. The van der Waals surface area contributed by atoms with Crippen LogP contribution >= 0.6 is 11.6 Å². The average Bonchev–Trinajstić information content (AvgIpc) is 2.00. The van der Waals surface area contributed by atoms with E-state index < -0.39 is 10.8 Å². The zero-order valence-electron chi connectivity index (χ0n) is 7.35. The van der Waals surface area contributed by atoms with Gasteiger partial charge in [-0.3, -0.25) is 15.0 Å². The molecular weight excluding hydrogens is 228 g/mol. The van der Waals surface area contributed by atoms with Gasteiger partial charge in [-0.1, -0.05) is 11.6 Å². The van der Waals surface area contributed by atoms with Gasteiger partial charge in [-0.25, -0.2) is 0 Å². The van der Waals surface area contributed by atoms with Crippen molar-refractivity contribution in [2.24, 2.45) is 0 Å². The van der Waals surface area contributed by atoms with Crippen LogP contribution in [0.4, 0.5) is 0 Å². The summed E-state index contributed by atoms with van der Waals surface area (Å²) in [6, 6.07) is 0. The molecule has 0 radical (unpaired) electrons. The van der Waals surface area contributed by atoms with Crippen molar-refractivity contribution in [1.29, 1.82) is 10.8 Å². The average molecular weight is 239 g/mol. The predicted octanol–water partition coefficient (Wildman–Crippen LogP) is -0.225. The van der Waals surface area contributed by atoms with Crippen molar-refractivity contribution >= 4 is 33.8 Å². The third kappa shape index (κ3) is 2.85. The van der Waals surface area contributed by atoms with Crippen LogP contribution in [0.2, 0.25) is 0 Å². The summed E-state index contributed by atoms with van der Waals surface area (Å²) in [4.78, 5) is 0.351. The standard InChI is InChI=1S/C7H7ClN2OS.2H2O/c1-12(11)5-3-2-4(8)6(9)7(5)10;;/h2-3,9-10H,1H3;2*1H2. The van der Waals surface area contributed by atoms with Crippen LogP contribution in [0.5, 0.6) is 0 Å². The quantitative estimate of drug-likeness (QED) is 0.602. The second kappa shape index (κ2) is 5.82. The molecule has 0 aromatic carbocycles. The smallest absolute Gasteiger partial charge is 0.0988 e. The molecule has 1 aliphatic carbocycles. The van der Waals surface area contributed by atoms with Gasteiger partial charge in [-0.2, -0.15) is 0 Å². The SMILES string of the molecule is CS(=O)C1=CC=C(Cl)C(=N)C1=N.O.O. The highest BCUT2D eigenvalue weighted by Gasteiger charge is 2.19. The lowest BCUT2D eigenvalue weighted by Crippen LogP contribution is -2.19. The summed E-state index contributed by atoms with van der Waals surface area (Å²) in [6.07, 6.45) is 4.47. The first-order valence-electron chi connectivity index (χ1n) is 3.13. The molecule has 0 saturated heterocycles. The van der Waals surface area contributed by atoms with E-state index in [9.17, 15) is 4.21 Å². The molecule has 14 heavy (non-hydrogen) atoms. The number of hydrogen-bond acceptors (Lipinski definition) is 3. The molecule has 0 aliphatic heterocycles. The molecule has 1 unspecified atom stereocenters. The first-order valence-corrected chi connectivity index (χ1v) is 5.06. The summed E-state index contributed by atoms with van der Waals surface area (Å²) in [7, 11) is -1.23. The van der Waals surface area contributed by atoms with E-state index in [1.54, 1.807) is 0 Å². The van der Waals surface area contributed by atoms with Crippen LogP contribution in [-0.4, -0.2) is 32.8 Å². The molecule has 0 bridgehead atoms. The van der Waals surface area contributed by atoms with Crippen LogP contribution in [0.3, 0.4) is 0 Å². The van der Waals surface area contributed by atoms with E-state index >= 15 is 0 Å². The Morgan fingerprint density at radius 2 is 1.71 bits per heavy atom. The van der Waals surface area contributed by atoms with Gasteiger partial charge in [0.25, 0.3) is 0 Å². The van der Waals surface area contributed by atoms with Gasteiger partial charge in [0, 0.05) is 6.26 Å². The molecule has 0 amide bonds. The third-order valence-electron chi connectivity index (χ3n) is 1.43. The van der Waals surface area contributed by atoms with Crippen LogP contribution in [0.1, 0.15) is 0 Å². The largest absolute Gasteiger partial charge is 0.412 e. The minimum Gasteiger partial charge on any atom is -0.412 e. The first-order chi connectivity index (χ1) is 5.54. The number of hydrogen-bond donors (Lipinski definition) is 2. The van der Waals surface area contributed by atoms with E-state index in [1.807, 2.05) is 0 Å². The number of rotatable bonds is 1. The van der Waals surface area contributed by atoms with Crippen molar-refractivity contribution in [2.45, 2.75) is 0 Å². The number of nitrogens with one attached hydrogen (secondary N) is 2. The van der Waals surface area contributed by atoms with Gasteiger partial charge >= 0.3 is 0 Å². The Hall–Kier alpha value is -0.820. The topological polar surface area (TPSA) is 128 Å². The zero-order chi connectivity index (χ0) is 9.30. The lowest BCUT2D eigenvalue weighted by molar-refractivity contribution is 0.691. The van der Waals surface area contributed by atoms with E-state index in [2.05, 4.69) is 0 Å². The van der Waals surface area contributed by atoms with Gasteiger partial charge in [0.2, 0.25) is 0 Å². The highest BCUT2D eigenvalue weighted by Crippen LogP contribution is 2.16. The molecule has 1 rings (SSSR count). The Kier molecular flexibility index (Phi) is 6.50. The van der Waals surface area contributed by atoms with Crippen LogP contribution in [0.15, 0.2) is 22.1 Å². The normalized spacial score (nSPS) is 17.3. The first kappa shape index (κ1) is 15.6. The van der Waals surface area contributed by atoms with Gasteiger partial charge in [0.1, 0.15) is 0 Å². The van der Waals surface area contributed by atoms with Crippen molar-refractivity contribution in [2.75, 3.05) is 6.26 Å². The molecule has 0 aromatic heterocycles. The maximum Gasteiger partial charge on any atom is 0.0988 e. The van der Waals surface area contributed by atoms with Crippen molar-refractivity contribution in [3.05, 3.63) is 22.1 Å². The summed E-state index contributed by atoms with van der Waals surface area (Å²) in [5, 5.41) is 14.9. The van der Waals surface area contributed by atoms with Crippen molar-refractivity contribution in [3.63, 3.8) is 0 Å². The van der Waals surface area contributed by atoms with Crippen molar-refractivity contribution in [3.8, 4) is 0 Å². The number of halogens is 1. The lowest BCUT2D eigenvalue weighted by Gasteiger charge is -2.10. The highest BCUT2D eigenvalue weighted by atomic mass is 35.5. The summed E-state index contributed by atoms with van der Waals surface area (Å²) in [5.74, 6) is 0. The van der Waals surface area contributed by atoms with E-state index in [-0.39, 0.29) is 27.4 Å². The monoisotopic (exact) mass is 238 g/mol. The Morgan fingerprint density at radius 1 is 1.21 bits per heavy atom. The second-order valence-electron chi connectivity index (χ2n) is 2.25. The molecule has 0 fully saturated rings. The van der Waals surface area contributed by atoms with Gasteiger partial charge < -0.3 is 11.0 Å². The minimum absolute atomic E-state index is 0. The Morgan fingerprint density at radius 3 is 2.14 bits per heavy atom. The van der Waals surface area contributed by atoms with Gasteiger partial charge in [-0.15, -0.1) is 0 Å². The van der Waals surface area contributed by atoms with E-state index in [1.165, 1.54) is 18.4 Å².